The molecular formula is C36H51O2P. The Labute approximate surface area is 240 Å². The van der Waals surface area contributed by atoms with Crippen molar-refractivity contribution >= 4 is 13.7 Å². The van der Waals surface area contributed by atoms with Gasteiger partial charge in [0, 0.05) is 22.3 Å². The van der Waals surface area contributed by atoms with Gasteiger partial charge in [-0.2, -0.15) is 0 Å². The lowest BCUT2D eigenvalue weighted by Crippen LogP contribution is -2.23. The summed E-state index contributed by atoms with van der Waals surface area (Å²) in [6.07, 6.45) is 0. The topological polar surface area (TPSA) is 18.5 Å². The van der Waals surface area contributed by atoms with Crippen molar-refractivity contribution < 1.29 is 9.05 Å². The highest BCUT2D eigenvalue weighted by Gasteiger charge is 2.34. The Kier molecular flexibility index (Phi) is 8.75. The molecule has 0 amide bonds. The van der Waals surface area contributed by atoms with Crippen molar-refractivity contribution in [3.8, 4) is 11.5 Å². The van der Waals surface area contributed by atoms with E-state index in [-0.39, 0.29) is 21.7 Å². The molecule has 39 heavy (non-hydrogen) atoms. The fraction of sp³-hybridized carbons (Fsp3) is 0.500. The Morgan fingerprint density at radius 2 is 0.744 bits per heavy atom. The Hall–Kier alpha value is -2.31. The Morgan fingerprint density at radius 1 is 0.462 bits per heavy atom. The lowest BCUT2D eigenvalue weighted by Gasteiger charge is -2.34. The van der Waals surface area contributed by atoms with Crippen LogP contribution in [0.5, 0.6) is 11.5 Å². The maximum atomic E-state index is 7.18. The van der Waals surface area contributed by atoms with Crippen LogP contribution in [0.25, 0.3) is 0 Å². The average Bonchev–Trinajstić information content (AvgIpc) is 2.77. The van der Waals surface area contributed by atoms with Crippen LogP contribution in [-0.2, 0) is 21.7 Å². The molecule has 3 rings (SSSR count). The Balaban J connectivity index is 2.33. The lowest BCUT2D eigenvalue weighted by atomic mass is 9.78. The molecular weight excluding hydrogens is 495 g/mol. The van der Waals surface area contributed by atoms with Crippen LogP contribution in [0.1, 0.15) is 116 Å². The summed E-state index contributed by atoms with van der Waals surface area (Å²) >= 11 is 0. The number of benzene rings is 3. The molecule has 0 aliphatic rings. The van der Waals surface area contributed by atoms with Crippen LogP contribution in [0, 0.1) is 13.8 Å². The zero-order chi connectivity index (χ0) is 29.6. The second kappa shape index (κ2) is 10.9. The van der Waals surface area contributed by atoms with Gasteiger partial charge in [0.2, 0.25) is 0 Å². The normalized spacial score (nSPS) is 13.1. The first kappa shape index (κ1) is 31.2. The number of rotatable bonds is 5. The van der Waals surface area contributed by atoms with Gasteiger partial charge in [0.15, 0.2) is 0 Å². The van der Waals surface area contributed by atoms with Gasteiger partial charge in [0.1, 0.15) is 11.5 Å². The molecule has 0 bridgehead atoms. The molecule has 212 valence electrons. The van der Waals surface area contributed by atoms with Crippen LogP contribution >= 0.6 is 8.38 Å². The van der Waals surface area contributed by atoms with E-state index in [9.17, 15) is 0 Å². The van der Waals surface area contributed by atoms with Gasteiger partial charge in [-0.25, -0.2) is 0 Å². The molecule has 0 aliphatic heterocycles. The molecule has 3 aromatic rings. The summed E-state index contributed by atoms with van der Waals surface area (Å²) < 4.78 is 14.4. The third-order valence-electron chi connectivity index (χ3n) is 7.01. The second-order valence-electron chi connectivity index (χ2n) is 15.2. The highest BCUT2D eigenvalue weighted by atomic mass is 31.2. The van der Waals surface area contributed by atoms with Crippen molar-refractivity contribution in [1.29, 1.82) is 0 Å². The number of hydrogen-bond donors (Lipinski definition) is 0. The molecule has 0 saturated heterocycles. The fourth-order valence-electron chi connectivity index (χ4n) is 4.81. The highest BCUT2D eigenvalue weighted by Crippen LogP contribution is 2.51. The van der Waals surface area contributed by atoms with E-state index in [1.54, 1.807) is 0 Å². The fourth-order valence-corrected chi connectivity index (χ4v) is 6.20. The quantitative estimate of drug-likeness (QED) is 0.296. The molecule has 0 N–H and O–H groups in total. The number of aryl methyl sites for hydroxylation is 2. The van der Waals surface area contributed by atoms with Crippen molar-refractivity contribution in [1.82, 2.24) is 0 Å². The molecule has 3 aromatic carbocycles. The van der Waals surface area contributed by atoms with Crippen LogP contribution in [0.4, 0.5) is 0 Å². The van der Waals surface area contributed by atoms with Crippen molar-refractivity contribution in [3.63, 3.8) is 0 Å². The van der Waals surface area contributed by atoms with Gasteiger partial charge in [0.25, 0.3) is 0 Å². The van der Waals surface area contributed by atoms with E-state index in [4.69, 9.17) is 9.05 Å². The van der Waals surface area contributed by atoms with Crippen LogP contribution in [-0.4, -0.2) is 0 Å². The van der Waals surface area contributed by atoms with E-state index in [1.807, 2.05) is 0 Å². The van der Waals surface area contributed by atoms with Crippen molar-refractivity contribution in [3.05, 3.63) is 88.0 Å². The van der Waals surface area contributed by atoms with E-state index in [1.165, 1.54) is 33.4 Å². The molecule has 3 heteroatoms. The third kappa shape index (κ3) is 7.46. The van der Waals surface area contributed by atoms with E-state index >= 15 is 0 Å². The molecule has 0 fully saturated rings. The predicted octanol–water partition coefficient (Wildman–Crippen LogP) is 10.6. The largest absolute Gasteiger partial charge is 0.435 e. The van der Waals surface area contributed by atoms with Crippen molar-refractivity contribution in [2.24, 2.45) is 0 Å². The van der Waals surface area contributed by atoms with Gasteiger partial charge in [-0.05, 0) is 47.6 Å². The predicted molar refractivity (Wildman–Crippen MR) is 171 cm³/mol. The molecule has 0 saturated carbocycles. The van der Waals surface area contributed by atoms with Crippen molar-refractivity contribution in [2.75, 3.05) is 0 Å². The van der Waals surface area contributed by atoms with Crippen LogP contribution in [0.15, 0.2) is 54.6 Å². The smallest absolute Gasteiger partial charge is 0.326 e. The van der Waals surface area contributed by atoms with E-state index in [0.29, 0.717) is 0 Å². The Bertz CT molecular complexity index is 1140. The third-order valence-corrected chi connectivity index (χ3v) is 8.43. The Morgan fingerprint density at radius 3 is 1.00 bits per heavy atom. The minimum atomic E-state index is -1.48. The first-order chi connectivity index (χ1) is 17.7. The van der Waals surface area contributed by atoms with Gasteiger partial charge in [-0.3, -0.25) is 0 Å². The van der Waals surface area contributed by atoms with Gasteiger partial charge in [0.05, 0.1) is 5.30 Å². The van der Waals surface area contributed by atoms with Crippen LogP contribution in [0.2, 0.25) is 0 Å². The summed E-state index contributed by atoms with van der Waals surface area (Å²) in [5.74, 6) is 1.91. The summed E-state index contributed by atoms with van der Waals surface area (Å²) in [5, 5.41) is 1.06. The standard InChI is InChI=1S/C36H51O2P/c1-24-20-27(33(3,4)5)31(28(21-24)34(6,7)8)37-39(26-18-16-15-17-19-26)38-32-29(35(9,10)11)22-25(2)23-30(32)36(12,13)14/h15-23H,1-14H3. The molecule has 0 radical (unpaired) electrons. The summed E-state index contributed by atoms with van der Waals surface area (Å²) in [6, 6.07) is 19.6. The molecule has 0 atom stereocenters. The molecule has 0 unspecified atom stereocenters. The van der Waals surface area contributed by atoms with E-state index in [2.05, 4.69) is 152 Å². The maximum absolute atomic E-state index is 7.18. The SMILES string of the molecule is Cc1cc(C(C)(C)C)c(OP(Oc2c(C(C)(C)C)cc(C)cc2C(C)(C)C)c2ccccc2)c(C(C)(C)C)c1. The van der Waals surface area contributed by atoms with Crippen LogP contribution < -0.4 is 14.4 Å². The molecule has 0 heterocycles. The summed E-state index contributed by atoms with van der Waals surface area (Å²) in [6.45, 7) is 31.6. The monoisotopic (exact) mass is 546 g/mol. The first-order valence-electron chi connectivity index (χ1n) is 14.2. The molecule has 0 spiro atoms. The van der Waals surface area contributed by atoms with Crippen molar-refractivity contribution in [2.45, 2.75) is 119 Å². The van der Waals surface area contributed by atoms with E-state index in [0.717, 1.165) is 16.8 Å². The minimum absolute atomic E-state index is 0.0873. The lowest BCUT2D eigenvalue weighted by molar-refractivity contribution is 0.443. The second-order valence-corrected chi connectivity index (χ2v) is 16.5. The highest BCUT2D eigenvalue weighted by molar-refractivity contribution is 7.56. The zero-order valence-electron chi connectivity index (χ0n) is 27.0. The number of hydrogen-bond acceptors (Lipinski definition) is 2. The van der Waals surface area contributed by atoms with Gasteiger partial charge in [-0.15, -0.1) is 0 Å². The van der Waals surface area contributed by atoms with E-state index < -0.39 is 8.38 Å². The minimum Gasteiger partial charge on any atom is -0.435 e. The summed E-state index contributed by atoms with van der Waals surface area (Å²) in [4.78, 5) is 0. The average molecular weight is 547 g/mol. The van der Waals surface area contributed by atoms with Gasteiger partial charge in [-0.1, -0.05) is 137 Å². The summed E-state index contributed by atoms with van der Waals surface area (Å²) in [7, 11) is -1.48. The summed E-state index contributed by atoms with van der Waals surface area (Å²) in [5.41, 5.74) is 7.03. The zero-order valence-corrected chi connectivity index (χ0v) is 27.9. The molecule has 2 nitrogen and oxygen atoms in total. The first-order valence-corrected chi connectivity index (χ1v) is 15.4. The van der Waals surface area contributed by atoms with Gasteiger partial charge < -0.3 is 9.05 Å². The molecule has 0 aromatic heterocycles. The maximum Gasteiger partial charge on any atom is 0.326 e. The van der Waals surface area contributed by atoms with Gasteiger partial charge >= 0.3 is 8.38 Å². The van der Waals surface area contributed by atoms with Crippen LogP contribution in [0.3, 0.4) is 0 Å². The molecule has 0 aliphatic carbocycles.